The van der Waals surface area contributed by atoms with Gasteiger partial charge < -0.3 is 20.4 Å². The minimum absolute atomic E-state index is 0.0932. The second kappa shape index (κ2) is 8.62. The fraction of sp³-hybridized carbons (Fsp3) is 0.308. The van der Waals surface area contributed by atoms with E-state index in [2.05, 4.69) is 16.0 Å². The maximum Gasteiger partial charge on any atom is 0.249 e. The summed E-state index contributed by atoms with van der Waals surface area (Å²) in [6.45, 7) is 1.09. The molecule has 2 heterocycles. The molecule has 0 bridgehead atoms. The first-order chi connectivity index (χ1) is 16.0. The van der Waals surface area contributed by atoms with Crippen molar-refractivity contribution < 1.29 is 13.9 Å². The van der Waals surface area contributed by atoms with Crippen LogP contribution in [0.5, 0.6) is 5.75 Å². The zero-order valence-corrected chi connectivity index (χ0v) is 18.2. The molecule has 0 radical (unpaired) electrons. The van der Waals surface area contributed by atoms with Crippen molar-refractivity contribution in [2.24, 2.45) is 5.73 Å². The molecule has 1 aromatic heterocycles. The van der Waals surface area contributed by atoms with E-state index in [1.807, 2.05) is 30.5 Å². The predicted molar refractivity (Wildman–Crippen MR) is 124 cm³/mol. The second-order valence-electron chi connectivity index (χ2n) is 8.69. The molecule has 0 spiro atoms. The lowest BCUT2D eigenvalue weighted by molar-refractivity contribution is 0.0999. The van der Waals surface area contributed by atoms with Crippen molar-refractivity contribution in [3.8, 4) is 11.8 Å². The Kier molecular flexibility index (Phi) is 5.51. The highest BCUT2D eigenvalue weighted by Crippen LogP contribution is 2.36. The number of primary amides is 1. The standard InChI is InChI=1S/C26H25FN4O2/c27-23-8-7-20(26(29)32)22-12-19(15-33-25(22)23)31(18-4-1-5-18)10-2-3-17-14-30-24-9-6-16(13-28)11-21(17)24/h6-9,11-12,14,18,30H,1-5,10,15H2,(H2,29,32). The molecule has 7 heteroatoms. The number of hydrogen-bond donors (Lipinski definition) is 2. The van der Waals surface area contributed by atoms with E-state index < -0.39 is 11.7 Å². The first-order valence-corrected chi connectivity index (χ1v) is 11.3. The van der Waals surface area contributed by atoms with Crippen molar-refractivity contribution in [3.63, 3.8) is 0 Å². The van der Waals surface area contributed by atoms with Crippen LogP contribution in [-0.2, 0) is 6.42 Å². The summed E-state index contributed by atoms with van der Waals surface area (Å²) in [5, 5.41) is 10.3. The molecule has 6 nitrogen and oxygen atoms in total. The number of carbonyl (C=O) groups excluding carboxylic acids is 1. The summed E-state index contributed by atoms with van der Waals surface area (Å²) in [6, 6.07) is 10.9. The molecule has 2 aromatic carbocycles. The van der Waals surface area contributed by atoms with Gasteiger partial charge in [0.2, 0.25) is 5.91 Å². The molecule has 1 aliphatic carbocycles. The molecular weight excluding hydrogens is 419 g/mol. The molecular formula is C26H25FN4O2. The maximum atomic E-state index is 14.3. The van der Waals surface area contributed by atoms with E-state index in [0.29, 0.717) is 17.2 Å². The number of rotatable bonds is 7. The first-order valence-electron chi connectivity index (χ1n) is 11.3. The predicted octanol–water partition coefficient (Wildman–Crippen LogP) is 4.50. The van der Waals surface area contributed by atoms with Crippen LogP contribution in [0.1, 0.15) is 52.7 Å². The Morgan fingerprint density at radius 3 is 2.88 bits per heavy atom. The van der Waals surface area contributed by atoms with Gasteiger partial charge in [0.25, 0.3) is 0 Å². The fourth-order valence-electron chi connectivity index (χ4n) is 4.75. The molecule has 1 amide bonds. The van der Waals surface area contributed by atoms with Crippen molar-refractivity contribution in [2.75, 3.05) is 13.2 Å². The van der Waals surface area contributed by atoms with E-state index in [0.717, 1.165) is 48.8 Å². The summed E-state index contributed by atoms with van der Waals surface area (Å²) in [5.41, 5.74) is 10.0. The van der Waals surface area contributed by atoms with Crippen LogP contribution in [0.4, 0.5) is 4.39 Å². The van der Waals surface area contributed by atoms with Crippen molar-refractivity contribution in [1.29, 1.82) is 5.26 Å². The van der Waals surface area contributed by atoms with E-state index in [4.69, 9.17) is 10.5 Å². The Hall–Kier alpha value is -3.79. The summed E-state index contributed by atoms with van der Waals surface area (Å²) < 4.78 is 20.0. The molecule has 1 saturated carbocycles. The molecule has 1 aliphatic heterocycles. The highest BCUT2D eigenvalue weighted by atomic mass is 19.1. The van der Waals surface area contributed by atoms with Crippen molar-refractivity contribution in [1.82, 2.24) is 9.88 Å². The van der Waals surface area contributed by atoms with Gasteiger partial charge in [-0.15, -0.1) is 0 Å². The molecule has 0 atom stereocenters. The number of aromatic amines is 1. The Balaban J connectivity index is 1.38. The monoisotopic (exact) mass is 444 g/mol. The lowest BCUT2D eigenvalue weighted by Gasteiger charge is -2.41. The summed E-state index contributed by atoms with van der Waals surface area (Å²) in [6.07, 6.45) is 9.06. The Bertz CT molecular complexity index is 1300. The van der Waals surface area contributed by atoms with Crippen LogP contribution in [0, 0.1) is 17.1 Å². The highest BCUT2D eigenvalue weighted by Gasteiger charge is 2.30. The Morgan fingerprint density at radius 1 is 1.30 bits per heavy atom. The third-order valence-corrected chi connectivity index (χ3v) is 6.71. The average Bonchev–Trinajstić information content (AvgIpc) is 3.19. The number of fused-ring (bicyclic) bond motifs is 2. The molecule has 3 N–H and O–H groups in total. The fourth-order valence-corrected chi connectivity index (χ4v) is 4.75. The van der Waals surface area contributed by atoms with Crippen molar-refractivity contribution >= 4 is 22.9 Å². The maximum absolute atomic E-state index is 14.3. The zero-order valence-electron chi connectivity index (χ0n) is 18.2. The number of ether oxygens (including phenoxy) is 1. The lowest BCUT2D eigenvalue weighted by atomic mass is 9.90. The summed E-state index contributed by atoms with van der Waals surface area (Å²) in [4.78, 5) is 17.5. The van der Waals surface area contributed by atoms with Crippen LogP contribution in [0.2, 0.25) is 0 Å². The minimum Gasteiger partial charge on any atom is -0.484 e. The van der Waals surface area contributed by atoms with Crippen LogP contribution < -0.4 is 10.5 Å². The SMILES string of the molecule is N#Cc1ccc2[nH]cc(CCCN(C3=Cc4c(C(N)=O)ccc(F)c4OC3)C3CCC3)c2c1. The first kappa shape index (κ1) is 21.1. The topological polar surface area (TPSA) is 95.1 Å². The highest BCUT2D eigenvalue weighted by molar-refractivity contribution is 5.98. The number of benzene rings is 2. The number of nitrogens with zero attached hydrogens (tertiary/aromatic N) is 2. The van der Waals surface area contributed by atoms with Crippen LogP contribution in [0.25, 0.3) is 17.0 Å². The van der Waals surface area contributed by atoms with Gasteiger partial charge in [-0.2, -0.15) is 5.26 Å². The molecule has 3 aromatic rings. The average molecular weight is 445 g/mol. The zero-order chi connectivity index (χ0) is 22.9. The number of nitrogens with two attached hydrogens (primary N) is 1. The van der Waals surface area contributed by atoms with E-state index in [1.54, 1.807) is 0 Å². The van der Waals surface area contributed by atoms with Gasteiger partial charge in [0.1, 0.15) is 6.61 Å². The normalized spacial score (nSPS) is 15.2. The Morgan fingerprint density at radius 2 is 2.15 bits per heavy atom. The quantitative estimate of drug-likeness (QED) is 0.561. The number of H-pyrrole nitrogens is 1. The van der Waals surface area contributed by atoms with Crippen LogP contribution in [0.3, 0.4) is 0 Å². The molecule has 5 rings (SSSR count). The molecule has 0 unspecified atom stereocenters. The third-order valence-electron chi connectivity index (χ3n) is 6.71. The van der Waals surface area contributed by atoms with Gasteiger partial charge in [0.05, 0.1) is 22.9 Å². The van der Waals surface area contributed by atoms with Crippen LogP contribution in [-0.4, -0.2) is 35.0 Å². The molecule has 168 valence electrons. The van der Waals surface area contributed by atoms with E-state index in [1.165, 1.54) is 24.1 Å². The van der Waals surface area contributed by atoms with Gasteiger partial charge >= 0.3 is 0 Å². The van der Waals surface area contributed by atoms with Crippen LogP contribution in [0.15, 0.2) is 42.2 Å². The van der Waals surface area contributed by atoms with Gasteiger partial charge in [0, 0.05) is 35.2 Å². The summed E-state index contributed by atoms with van der Waals surface area (Å²) in [7, 11) is 0. The van der Waals surface area contributed by atoms with Crippen molar-refractivity contribution in [2.45, 2.75) is 38.1 Å². The van der Waals surface area contributed by atoms with E-state index in [-0.39, 0.29) is 17.9 Å². The number of aryl methyl sites for hydroxylation is 1. The third kappa shape index (κ3) is 3.93. The molecule has 33 heavy (non-hydrogen) atoms. The molecule has 2 aliphatic rings. The Labute approximate surface area is 191 Å². The van der Waals surface area contributed by atoms with Crippen LogP contribution >= 0.6 is 0 Å². The lowest BCUT2D eigenvalue weighted by Crippen LogP contribution is -2.42. The minimum atomic E-state index is -0.599. The van der Waals surface area contributed by atoms with E-state index >= 15 is 0 Å². The summed E-state index contributed by atoms with van der Waals surface area (Å²) in [5.74, 6) is -0.995. The van der Waals surface area contributed by atoms with E-state index in [9.17, 15) is 14.4 Å². The number of halogens is 1. The summed E-state index contributed by atoms with van der Waals surface area (Å²) >= 11 is 0. The number of nitriles is 1. The van der Waals surface area contributed by atoms with Gasteiger partial charge in [-0.3, -0.25) is 4.79 Å². The number of aromatic nitrogens is 1. The van der Waals surface area contributed by atoms with Crippen molar-refractivity contribution in [3.05, 3.63) is 70.3 Å². The van der Waals surface area contributed by atoms with Gasteiger partial charge in [-0.05, 0) is 74.1 Å². The van der Waals surface area contributed by atoms with Gasteiger partial charge in [0.15, 0.2) is 11.6 Å². The second-order valence-corrected chi connectivity index (χ2v) is 8.69. The number of amides is 1. The van der Waals surface area contributed by atoms with Gasteiger partial charge in [-0.1, -0.05) is 0 Å². The molecule has 0 saturated heterocycles. The largest absolute Gasteiger partial charge is 0.484 e. The molecule has 1 fully saturated rings. The number of nitrogens with one attached hydrogen (secondary N) is 1. The number of hydrogen-bond acceptors (Lipinski definition) is 4. The van der Waals surface area contributed by atoms with Gasteiger partial charge in [-0.25, -0.2) is 4.39 Å². The smallest absolute Gasteiger partial charge is 0.249 e. The number of carbonyl (C=O) groups is 1.